The first-order valence-electron chi connectivity index (χ1n) is 10.2. The third-order valence-electron chi connectivity index (χ3n) is 5.76. The van der Waals surface area contributed by atoms with Gasteiger partial charge in [0.05, 0.1) is 12.2 Å². The van der Waals surface area contributed by atoms with Crippen LogP contribution in [-0.2, 0) is 23.9 Å². The second-order valence-electron chi connectivity index (χ2n) is 7.82. The van der Waals surface area contributed by atoms with Gasteiger partial charge in [-0.2, -0.15) is 0 Å². The van der Waals surface area contributed by atoms with Crippen LogP contribution in [0.25, 0.3) is 0 Å². The largest absolute Gasteiger partial charge is 0.465 e. The summed E-state index contributed by atoms with van der Waals surface area (Å²) in [6.45, 7) is 5.62. The molecule has 0 bridgehead atoms. The van der Waals surface area contributed by atoms with E-state index in [2.05, 4.69) is 6.92 Å². The summed E-state index contributed by atoms with van der Waals surface area (Å²) >= 11 is 0. The fourth-order valence-corrected chi connectivity index (χ4v) is 4.23. The van der Waals surface area contributed by atoms with E-state index < -0.39 is 23.4 Å². The average Bonchev–Trinajstić information content (AvgIpc) is 2.94. The zero-order valence-corrected chi connectivity index (χ0v) is 16.8. The lowest BCUT2D eigenvalue weighted by Gasteiger charge is -2.35. The van der Waals surface area contributed by atoms with Crippen LogP contribution in [0.3, 0.4) is 0 Å². The van der Waals surface area contributed by atoms with E-state index in [0.717, 1.165) is 32.1 Å². The van der Waals surface area contributed by atoms with Crippen LogP contribution in [0.1, 0.15) is 59.3 Å². The van der Waals surface area contributed by atoms with Crippen LogP contribution in [0.2, 0.25) is 0 Å². The molecule has 0 radical (unpaired) electrons. The summed E-state index contributed by atoms with van der Waals surface area (Å²) in [5.41, 5.74) is 0.0287. The van der Waals surface area contributed by atoms with Gasteiger partial charge in [-0.15, -0.1) is 0 Å². The van der Waals surface area contributed by atoms with Gasteiger partial charge in [0.1, 0.15) is 17.5 Å². The maximum atomic E-state index is 12.9. The monoisotopic (exact) mass is 384 g/mol. The molecule has 5 nitrogen and oxygen atoms in total. The molecule has 0 spiro atoms. The Bertz CT molecular complexity index is 798. The normalized spacial score (nSPS) is 28.8. The molecule has 0 aromatic rings. The minimum Gasteiger partial charge on any atom is -0.465 e. The third-order valence-corrected chi connectivity index (χ3v) is 5.76. The summed E-state index contributed by atoms with van der Waals surface area (Å²) in [4.78, 5) is 38.3. The number of unbranched alkanes of at least 4 members (excludes halogenated alkanes) is 4. The first-order chi connectivity index (χ1) is 13.4. The molecular formula is C23H28O5. The standard InChI is InChI=1S/C23H28O5/c1-4-6-7-8-9-11-18(24)20-21-17-14-27-16(10-5-2)12-15(17)13-19(25)23(21,3)28-22(20)26/h5,10,12-14,20-21H,4,6-9,11H2,1-3H3/b10-5-/t20-,21-,23+/m0/s1. The van der Waals surface area contributed by atoms with Gasteiger partial charge in [-0.25, -0.2) is 0 Å². The fourth-order valence-electron chi connectivity index (χ4n) is 4.23. The molecule has 0 saturated carbocycles. The molecule has 150 valence electrons. The second-order valence-corrected chi connectivity index (χ2v) is 7.82. The maximum absolute atomic E-state index is 12.9. The van der Waals surface area contributed by atoms with Gasteiger partial charge >= 0.3 is 5.97 Å². The average molecular weight is 384 g/mol. The van der Waals surface area contributed by atoms with Crippen molar-refractivity contribution in [2.75, 3.05) is 0 Å². The SMILES string of the molecule is C/C=C\C1=CC2=CC(=O)[C@@]3(C)OC(=O)[C@@H](C(=O)CCCCCCC)[C@@H]3C2=CO1. The number of hydrogen-bond acceptors (Lipinski definition) is 5. The van der Waals surface area contributed by atoms with E-state index in [-0.39, 0.29) is 11.6 Å². The van der Waals surface area contributed by atoms with E-state index in [1.54, 1.807) is 25.3 Å². The lowest BCUT2D eigenvalue weighted by molar-refractivity contribution is -0.156. The van der Waals surface area contributed by atoms with E-state index in [1.165, 1.54) is 6.08 Å². The lowest BCUT2D eigenvalue weighted by atomic mass is 9.67. The second kappa shape index (κ2) is 8.29. The van der Waals surface area contributed by atoms with Crippen molar-refractivity contribution in [1.82, 2.24) is 0 Å². The number of allylic oxidation sites excluding steroid dienone is 4. The summed E-state index contributed by atoms with van der Waals surface area (Å²) in [7, 11) is 0. The van der Waals surface area contributed by atoms with Crippen LogP contribution in [0.4, 0.5) is 0 Å². The smallest absolute Gasteiger partial charge is 0.318 e. The summed E-state index contributed by atoms with van der Waals surface area (Å²) in [6.07, 6.45) is 13.9. The van der Waals surface area contributed by atoms with Crippen molar-refractivity contribution in [3.63, 3.8) is 0 Å². The highest BCUT2D eigenvalue weighted by Crippen LogP contribution is 2.50. The first-order valence-corrected chi connectivity index (χ1v) is 10.2. The van der Waals surface area contributed by atoms with Crippen molar-refractivity contribution >= 4 is 17.5 Å². The van der Waals surface area contributed by atoms with Crippen molar-refractivity contribution in [2.24, 2.45) is 11.8 Å². The molecule has 1 aliphatic carbocycles. The minimum atomic E-state index is -1.34. The van der Waals surface area contributed by atoms with Gasteiger partial charge < -0.3 is 9.47 Å². The highest BCUT2D eigenvalue weighted by atomic mass is 16.6. The van der Waals surface area contributed by atoms with Crippen LogP contribution in [-0.4, -0.2) is 23.1 Å². The number of hydrogen-bond donors (Lipinski definition) is 0. The molecule has 3 atom stereocenters. The molecule has 0 N–H and O–H groups in total. The highest BCUT2D eigenvalue weighted by molar-refractivity contribution is 6.09. The minimum absolute atomic E-state index is 0.145. The van der Waals surface area contributed by atoms with E-state index in [0.29, 0.717) is 23.3 Å². The van der Waals surface area contributed by atoms with Crippen LogP contribution in [0, 0.1) is 11.8 Å². The molecule has 0 amide bonds. The number of ether oxygens (including phenoxy) is 2. The number of Topliss-reactive ketones (excluding diaryl/α,β-unsaturated/α-hetero) is 1. The predicted octanol–water partition coefficient (Wildman–Crippen LogP) is 4.35. The Hall–Kier alpha value is -2.43. The van der Waals surface area contributed by atoms with Gasteiger partial charge in [-0.1, -0.05) is 38.7 Å². The summed E-state index contributed by atoms with van der Waals surface area (Å²) in [6, 6.07) is 0. The van der Waals surface area contributed by atoms with Crippen LogP contribution >= 0.6 is 0 Å². The Labute approximate surface area is 166 Å². The number of rotatable bonds is 8. The molecule has 1 fully saturated rings. The van der Waals surface area contributed by atoms with Crippen molar-refractivity contribution in [3.8, 4) is 0 Å². The van der Waals surface area contributed by atoms with E-state index >= 15 is 0 Å². The zero-order valence-electron chi connectivity index (χ0n) is 16.8. The Morgan fingerprint density at radius 1 is 1.18 bits per heavy atom. The third kappa shape index (κ3) is 3.62. The molecular weight excluding hydrogens is 356 g/mol. The number of fused-ring (bicyclic) bond motifs is 3. The predicted molar refractivity (Wildman–Crippen MR) is 105 cm³/mol. The molecule has 3 aliphatic rings. The molecule has 5 heteroatoms. The Morgan fingerprint density at radius 3 is 2.64 bits per heavy atom. The van der Waals surface area contributed by atoms with Crippen molar-refractivity contribution in [1.29, 1.82) is 0 Å². The van der Waals surface area contributed by atoms with Gasteiger partial charge in [0.2, 0.25) is 0 Å². The topological polar surface area (TPSA) is 69.7 Å². The van der Waals surface area contributed by atoms with E-state index in [1.807, 2.05) is 13.0 Å². The van der Waals surface area contributed by atoms with Gasteiger partial charge in [-0.05, 0) is 44.1 Å². The maximum Gasteiger partial charge on any atom is 0.318 e. The highest BCUT2D eigenvalue weighted by Gasteiger charge is 2.62. The van der Waals surface area contributed by atoms with Crippen LogP contribution in [0.15, 0.2) is 47.5 Å². The quantitative estimate of drug-likeness (QED) is 0.354. The van der Waals surface area contributed by atoms with Crippen LogP contribution < -0.4 is 0 Å². The van der Waals surface area contributed by atoms with Gasteiger partial charge in [0, 0.05) is 12.0 Å². The fraction of sp³-hybridized carbons (Fsp3) is 0.522. The number of ketones is 2. The van der Waals surface area contributed by atoms with Crippen molar-refractivity contribution < 1.29 is 23.9 Å². The van der Waals surface area contributed by atoms with Crippen molar-refractivity contribution in [3.05, 3.63) is 47.5 Å². The van der Waals surface area contributed by atoms with Gasteiger partial charge in [0.15, 0.2) is 11.4 Å². The molecule has 0 aromatic carbocycles. The van der Waals surface area contributed by atoms with Gasteiger partial charge in [-0.3, -0.25) is 14.4 Å². The Morgan fingerprint density at radius 2 is 1.93 bits per heavy atom. The van der Waals surface area contributed by atoms with Crippen LogP contribution in [0.5, 0.6) is 0 Å². The lowest BCUT2D eigenvalue weighted by Crippen LogP contribution is -2.46. The molecule has 2 heterocycles. The number of esters is 1. The molecule has 0 aromatic heterocycles. The first kappa shape index (κ1) is 20.3. The van der Waals surface area contributed by atoms with E-state index in [4.69, 9.17) is 9.47 Å². The number of carbonyl (C=O) groups excluding carboxylic acids is 3. The molecule has 28 heavy (non-hydrogen) atoms. The molecule has 3 rings (SSSR count). The van der Waals surface area contributed by atoms with Crippen molar-refractivity contribution in [2.45, 2.75) is 64.9 Å². The molecule has 2 aliphatic heterocycles. The zero-order chi connectivity index (χ0) is 20.3. The summed E-state index contributed by atoms with van der Waals surface area (Å²) in [5, 5.41) is 0. The Kier molecular flexibility index (Phi) is 6.01. The summed E-state index contributed by atoms with van der Waals surface area (Å²) < 4.78 is 11.1. The summed E-state index contributed by atoms with van der Waals surface area (Å²) in [5.74, 6) is -2.01. The number of carbonyl (C=O) groups is 3. The van der Waals surface area contributed by atoms with Gasteiger partial charge in [0.25, 0.3) is 0 Å². The molecule has 0 unspecified atom stereocenters. The van der Waals surface area contributed by atoms with E-state index in [9.17, 15) is 14.4 Å². The molecule has 1 saturated heterocycles. The Balaban J connectivity index is 1.83.